The molecule has 10 nitrogen and oxygen atoms in total. The zero-order chi connectivity index (χ0) is 29.7. The van der Waals surface area contributed by atoms with Crippen LogP contribution in [0.3, 0.4) is 0 Å². The molecule has 1 aliphatic heterocycles. The van der Waals surface area contributed by atoms with E-state index < -0.39 is 17.6 Å². The third-order valence-electron chi connectivity index (χ3n) is 6.31. The topological polar surface area (TPSA) is 138 Å². The van der Waals surface area contributed by atoms with E-state index in [9.17, 15) is 18.0 Å². The molecule has 0 bridgehead atoms. The molecule has 1 saturated heterocycles. The van der Waals surface area contributed by atoms with Crippen molar-refractivity contribution < 1.29 is 18.0 Å². The fourth-order valence-electron chi connectivity index (χ4n) is 4.18. The molecule has 1 fully saturated rings. The van der Waals surface area contributed by atoms with E-state index in [0.717, 1.165) is 38.2 Å². The number of nitrogen functional groups attached to an aromatic ring is 1. The number of carbonyl (C=O) groups is 1. The Hall–Kier alpha value is -4.17. The van der Waals surface area contributed by atoms with Crippen molar-refractivity contribution >= 4 is 56.5 Å². The van der Waals surface area contributed by atoms with Crippen LogP contribution in [0.1, 0.15) is 28.0 Å². The molecule has 0 spiro atoms. The number of nitrogens with one attached hydrogen (secondary N) is 2. The normalized spacial score (nSPS) is 14.9. The van der Waals surface area contributed by atoms with E-state index in [1.54, 1.807) is 6.07 Å². The second kappa shape index (κ2) is 12.6. The largest absolute Gasteiger partial charge is 0.416 e. The van der Waals surface area contributed by atoms with Gasteiger partial charge in [0.05, 0.1) is 11.3 Å². The van der Waals surface area contributed by atoms with Gasteiger partial charge in [-0.25, -0.2) is 9.98 Å². The Labute approximate surface area is 243 Å². The first-order chi connectivity index (χ1) is 19.5. The first-order valence-electron chi connectivity index (χ1n) is 12.6. The molecule has 1 aliphatic rings. The molecule has 4 rings (SSSR count). The van der Waals surface area contributed by atoms with E-state index in [4.69, 9.17) is 11.5 Å². The number of nitrogens with two attached hydrogens (primary N) is 2. The lowest BCUT2D eigenvalue weighted by Gasteiger charge is -2.22. The molecule has 2 aromatic carbocycles. The highest BCUT2D eigenvalue weighted by atomic mass is 79.9. The fraction of sp³-hybridized carbons (Fsp3) is 0.259. The number of hydrogen-bond acceptors (Lipinski definition) is 8. The quantitative estimate of drug-likeness (QED) is 0.215. The van der Waals surface area contributed by atoms with Crippen molar-refractivity contribution in [2.45, 2.75) is 12.6 Å². The van der Waals surface area contributed by atoms with Crippen molar-refractivity contribution in [2.75, 3.05) is 54.5 Å². The number of rotatable bonds is 7. The van der Waals surface area contributed by atoms with Gasteiger partial charge in [0.2, 0.25) is 5.95 Å². The molecule has 0 saturated carbocycles. The van der Waals surface area contributed by atoms with Crippen LogP contribution in [0.25, 0.3) is 0 Å². The van der Waals surface area contributed by atoms with Crippen molar-refractivity contribution in [3.63, 3.8) is 0 Å². The van der Waals surface area contributed by atoms with Gasteiger partial charge in [0.1, 0.15) is 11.4 Å². The molecule has 1 aromatic heterocycles. The summed E-state index contributed by atoms with van der Waals surface area (Å²) in [5.74, 6) is -0.0592. The zero-order valence-corrected chi connectivity index (χ0v) is 23.8. The minimum absolute atomic E-state index is 0.00106. The van der Waals surface area contributed by atoms with E-state index >= 15 is 0 Å². The smallest absolute Gasteiger partial charge is 0.382 e. The van der Waals surface area contributed by atoms with Crippen molar-refractivity contribution in [3.8, 4) is 0 Å². The highest BCUT2D eigenvalue weighted by molar-refractivity contribution is 9.10. The zero-order valence-electron chi connectivity index (χ0n) is 22.2. The lowest BCUT2D eigenvalue weighted by molar-refractivity contribution is -0.137. The van der Waals surface area contributed by atoms with E-state index in [2.05, 4.69) is 60.1 Å². The average molecular weight is 632 g/mol. The number of amidine groups is 1. The molecular weight excluding hydrogens is 603 g/mol. The Morgan fingerprint density at radius 1 is 1.15 bits per heavy atom. The number of benzene rings is 2. The third-order valence-corrected chi connectivity index (χ3v) is 6.98. The summed E-state index contributed by atoms with van der Waals surface area (Å²) in [6, 6.07) is 8.93. The van der Waals surface area contributed by atoms with Gasteiger partial charge < -0.3 is 31.9 Å². The molecule has 14 heteroatoms. The Kier molecular flexibility index (Phi) is 9.13. The molecule has 1 amide bonds. The number of nitrogens with zero attached hydrogens (tertiary/aromatic N) is 5. The Bertz CT molecular complexity index is 1480. The Balaban J connectivity index is 1.66. The summed E-state index contributed by atoms with van der Waals surface area (Å²) in [5, 5.41) is 5.40. The Morgan fingerprint density at radius 3 is 2.66 bits per heavy atom. The SMILES string of the molecule is C=CNc1c(N)nc(N2CCCN(C)CC2)nc1C(N)=Nc1cc(C(=O)Nc2cccc(C(F)(F)F)c2)ccc1Br. The number of likely N-dealkylation sites (N-methyl/N-ethyl adjacent to an activating group) is 1. The van der Waals surface area contributed by atoms with E-state index in [1.165, 1.54) is 30.5 Å². The van der Waals surface area contributed by atoms with Crippen molar-refractivity contribution in [3.05, 3.63) is 76.5 Å². The predicted molar refractivity (Wildman–Crippen MR) is 159 cm³/mol. The highest BCUT2D eigenvalue weighted by Crippen LogP contribution is 2.32. The monoisotopic (exact) mass is 631 g/mol. The number of alkyl halides is 3. The molecule has 6 N–H and O–H groups in total. The number of amides is 1. The van der Waals surface area contributed by atoms with Gasteiger partial charge in [0.25, 0.3) is 5.91 Å². The average Bonchev–Trinajstić information content (AvgIpc) is 3.15. The van der Waals surface area contributed by atoms with Crippen LogP contribution >= 0.6 is 15.9 Å². The molecule has 0 unspecified atom stereocenters. The second-order valence-electron chi connectivity index (χ2n) is 9.32. The fourth-order valence-corrected chi connectivity index (χ4v) is 4.52. The minimum atomic E-state index is -4.54. The van der Waals surface area contributed by atoms with Crippen LogP contribution in [0.4, 0.5) is 42.0 Å². The summed E-state index contributed by atoms with van der Waals surface area (Å²) in [6.45, 7) is 6.90. The van der Waals surface area contributed by atoms with Crippen LogP contribution in [-0.4, -0.2) is 59.8 Å². The third kappa shape index (κ3) is 7.32. The molecule has 2 heterocycles. The number of halogens is 4. The molecule has 0 atom stereocenters. The summed E-state index contributed by atoms with van der Waals surface area (Å²) >= 11 is 3.41. The van der Waals surface area contributed by atoms with Crippen molar-refractivity contribution in [1.29, 1.82) is 0 Å². The van der Waals surface area contributed by atoms with Crippen LogP contribution in [0.15, 0.2) is 64.7 Å². The Morgan fingerprint density at radius 2 is 1.93 bits per heavy atom. The maximum atomic E-state index is 13.1. The van der Waals surface area contributed by atoms with Gasteiger partial charge in [-0.05, 0) is 78.5 Å². The molecule has 41 heavy (non-hydrogen) atoms. The van der Waals surface area contributed by atoms with Gasteiger partial charge in [-0.3, -0.25) is 4.79 Å². The summed E-state index contributed by atoms with van der Waals surface area (Å²) in [6.07, 6.45) is -2.19. The number of aromatic nitrogens is 2. The summed E-state index contributed by atoms with van der Waals surface area (Å²) in [5.41, 5.74) is 12.8. The number of carbonyl (C=O) groups excluding carboxylic acids is 1. The van der Waals surface area contributed by atoms with E-state index in [-0.39, 0.29) is 28.6 Å². The van der Waals surface area contributed by atoms with Gasteiger partial charge >= 0.3 is 6.18 Å². The maximum Gasteiger partial charge on any atom is 0.416 e. The number of aliphatic imine (C=N–C) groups is 1. The molecule has 3 aromatic rings. The first-order valence-corrected chi connectivity index (χ1v) is 13.4. The van der Waals surface area contributed by atoms with Gasteiger partial charge in [-0.2, -0.15) is 18.2 Å². The van der Waals surface area contributed by atoms with Gasteiger partial charge in [-0.15, -0.1) is 0 Å². The lowest BCUT2D eigenvalue weighted by atomic mass is 10.1. The standard InChI is InChI=1S/C27H29BrF3N9O/c1-3-34-21-22(37-26(38-23(21)32)40-11-5-10-39(2)12-13-40)24(33)36-20-14-16(8-9-19(20)28)25(41)35-18-7-4-6-17(15-18)27(29,30)31/h3-4,6-9,14-15,34H,1,5,10-13H2,2H3,(H2,33,36)(H,35,41)(H2,32,37,38). The number of anilines is 4. The minimum Gasteiger partial charge on any atom is -0.382 e. The van der Waals surface area contributed by atoms with Gasteiger partial charge in [0, 0.05) is 35.4 Å². The lowest BCUT2D eigenvalue weighted by Crippen LogP contribution is -2.31. The van der Waals surface area contributed by atoms with Gasteiger partial charge in [0.15, 0.2) is 11.7 Å². The van der Waals surface area contributed by atoms with E-state index in [0.29, 0.717) is 28.3 Å². The first kappa shape index (κ1) is 29.8. The predicted octanol–water partition coefficient (Wildman–Crippen LogP) is 4.83. The summed E-state index contributed by atoms with van der Waals surface area (Å²) in [7, 11) is 2.05. The van der Waals surface area contributed by atoms with Crippen LogP contribution in [-0.2, 0) is 6.18 Å². The molecule has 0 aliphatic carbocycles. The van der Waals surface area contributed by atoms with Crippen LogP contribution in [0.5, 0.6) is 0 Å². The molecular formula is C27H29BrF3N9O. The van der Waals surface area contributed by atoms with Gasteiger partial charge in [-0.1, -0.05) is 12.6 Å². The maximum absolute atomic E-state index is 13.1. The van der Waals surface area contributed by atoms with Crippen LogP contribution in [0, 0.1) is 0 Å². The van der Waals surface area contributed by atoms with Crippen molar-refractivity contribution in [2.24, 2.45) is 10.7 Å². The van der Waals surface area contributed by atoms with Crippen molar-refractivity contribution in [1.82, 2.24) is 14.9 Å². The van der Waals surface area contributed by atoms with E-state index in [1.807, 2.05) is 4.90 Å². The molecule has 216 valence electrons. The highest BCUT2D eigenvalue weighted by Gasteiger charge is 2.30. The molecule has 0 radical (unpaired) electrons. The summed E-state index contributed by atoms with van der Waals surface area (Å²) in [4.78, 5) is 30.8. The van der Waals surface area contributed by atoms with Crippen LogP contribution in [0.2, 0.25) is 0 Å². The summed E-state index contributed by atoms with van der Waals surface area (Å²) < 4.78 is 39.8. The second-order valence-corrected chi connectivity index (χ2v) is 10.2. The number of hydrogen-bond donors (Lipinski definition) is 4. The van der Waals surface area contributed by atoms with Crippen LogP contribution < -0.4 is 27.0 Å².